The molecule has 0 radical (unpaired) electrons. The molecule has 1 aromatic rings. The first kappa shape index (κ1) is 21.2. The SMILES string of the molecule is CN=C(NCCCOC1CCOC1)NCC1(c2ccc3c(c2)OCO3)CCCCC1. The van der Waals surface area contributed by atoms with Crippen LogP contribution in [0, 0.1) is 0 Å². The molecule has 7 heteroatoms. The number of nitrogens with one attached hydrogen (secondary N) is 2. The van der Waals surface area contributed by atoms with Crippen LogP contribution in [0.3, 0.4) is 0 Å². The fraction of sp³-hybridized carbons (Fsp3) is 0.696. The van der Waals surface area contributed by atoms with E-state index in [2.05, 4.69) is 33.8 Å². The van der Waals surface area contributed by atoms with E-state index in [1.807, 2.05) is 7.05 Å². The number of hydrogen-bond acceptors (Lipinski definition) is 5. The van der Waals surface area contributed by atoms with Crippen molar-refractivity contribution in [3.63, 3.8) is 0 Å². The topological polar surface area (TPSA) is 73.3 Å². The Balaban J connectivity index is 1.29. The van der Waals surface area contributed by atoms with Crippen molar-refractivity contribution in [2.75, 3.05) is 46.8 Å². The quantitative estimate of drug-likeness (QED) is 0.385. The summed E-state index contributed by atoms with van der Waals surface area (Å²) in [5.41, 5.74) is 1.43. The number of guanidine groups is 1. The van der Waals surface area contributed by atoms with Gasteiger partial charge in [-0.1, -0.05) is 25.3 Å². The van der Waals surface area contributed by atoms with E-state index in [9.17, 15) is 0 Å². The monoisotopic (exact) mass is 417 g/mol. The predicted molar refractivity (Wildman–Crippen MR) is 116 cm³/mol. The Labute approximate surface area is 179 Å². The molecule has 2 fully saturated rings. The highest BCUT2D eigenvalue weighted by Crippen LogP contribution is 2.43. The number of nitrogens with zero attached hydrogens (tertiary/aromatic N) is 1. The van der Waals surface area contributed by atoms with E-state index in [1.54, 1.807) is 0 Å². The van der Waals surface area contributed by atoms with Gasteiger partial charge in [0.05, 0.1) is 12.7 Å². The number of hydrogen-bond donors (Lipinski definition) is 2. The molecule has 0 amide bonds. The Morgan fingerprint density at radius 1 is 1.17 bits per heavy atom. The number of rotatable bonds is 8. The fourth-order valence-electron chi connectivity index (χ4n) is 4.67. The molecule has 2 heterocycles. The molecular weight excluding hydrogens is 382 g/mol. The molecule has 166 valence electrons. The fourth-order valence-corrected chi connectivity index (χ4v) is 4.67. The average Bonchev–Trinajstić information content (AvgIpc) is 3.47. The summed E-state index contributed by atoms with van der Waals surface area (Å²) in [5.74, 6) is 2.57. The van der Waals surface area contributed by atoms with Crippen molar-refractivity contribution in [3.05, 3.63) is 23.8 Å². The van der Waals surface area contributed by atoms with Crippen LogP contribution in [-0.4, -0.2) is 58.8 Å². The number of benzene rings is 1. The van der Waals surface area contributed by atoms with Crippen LogP contribution in [0.5, 0.6) is 11.5 Å². The van der Waals surface area contributed by atoms with E-state index in [-0.39, 0.29) is 11.5 Å². The molecule has 0 spiro atoms. The van der Waals surface area contributed by atoms with Crippen molar-refractivity contribution in [2.45, 2.75) is 56.5 Å². The highest BCUT2D eigenvalue weighted by molar-refractivity contribution is 5.79. The predicted octanol–water partition coefficient (Wildman–Crippen LogP) is 2.98. The zero-order valence-electron chi connectivity index (χ0n) is 18.1. The molecule has 1 saturated carbocycles. The Bertz CT molecular complexity index is 712. The molecule has 1 unspecified atom stereocenters. The van der Waals surface area contributed by atoms with Gasteiger partial charge < -0.3 is 29.6 Å². The number of fused-ring (bicyclic) bond motifs is 1. The summed E-state index contributed by atoms with van der Waals surface area (Å²) in [4.78, 5) is 4.42. The molecule has 1 aliphatic carbocycles. The molecule has 0 aromatic heterocycles. The standard InChI is InChI=1S/C23H35N3O4/c1-24-22(25-11-5-12-28-19-8-13-27-15-19)26-16-23(9-3-2-4-10-23)18-6-7-20-21(14-18)30-17-29-20/h6-7,14,19H,2-5,8-13,15-17H2,1H3,(H2,24,25,26). The summed E-state index contributed by atoms with van der Waals surface area (Å²) >= 11 is 0. The second-order valence-corrected chi connectivity index (χ2v) is 8.47. The maximum absolute atomic E-state index is 5.84. The van der Waals surface area contributed by atoms with Crippen molar-refractivity contribution >= 4 is 5.96 Å². The minimum Gasteiger partial charge on any atom is -0.454 e. The van der Waals surface area contributed by atoms with Gasteiger partial charge in [0.1, 0.15) is 0 Å². The molecule has 1 atom stereocenters. The summed E-state index contributed by atoms with van der Waals surface area (Å²) in [5, 5.41) is 7.01. The molecule has 2 N–H and O–H groups in total. The summed E-state index contributed by atoms with van der Waals surface area (Å²) in [6, 6.07) is 6.44. The third-order valence-electron chi connectivity index (χ3n) is 6.47. The smallest absolute Gasteiger partial charge is 0.231 e. The number of ether oxygens (including phenoxy) is 4. The first-order valence-corrected chi connectivity index (χ1v) is 11.3. The normalized spacial score (nSPS) is 22.8. The van der Waals surface area contributed by atoms with Gasteiger partial charge in [0.25, 0.3) is 0 Å². The van der Waals surface area contributed by atoms with Crippen molar-refractivity contribution in [2.24, 2.45) is 4.99 Å². The summed E-state index contributed by atoms with van der Waals surface area (Å²) in [6.07, 6.45) is 8.40. The van der Waals surface area contributed by atoms with Crippen LogP contribution < -0.4 is 20.1 Å². The lowest BCUT2D eigenvalue weighted by Gasteiger charge is -2.38. The Morgan fingerprint density at radius 2 is 2.03 bits per heavy atom. The third-order valence-corrected chi connectivity index (χ3v) is 6.47. The summed E-state index contributed by atoms with van der Waals surface area (Å²) < 4.78 is 22.3. The van der Waals surface area contributed by atoms with Crippen molar-refractivity contribution < 1.29 is 18.9 Å². The highest BCUT2D eigenvalue weighted by atomic mass is 16.7. The van der Waals surface area contributed by atoms with Crippen LogP contribution in [0.1, 0.15) is 50.5 Å². The van der Waals surface area contributed by atoms with E-state index in [0.29, 0.717) is 6.79 Å². The van der Waals surface area contributed by atoms with Gasteiger partial charge in [0.15, 0.2) is 17.5 Å². The average molecular weight is 418 g/mol. The van der Waals surface area contributed by atoms with Gasteiger partial charge in [0.2, 0.25) is 6.79 Å². The summed E-state index contributed by atoms with van der Waals surface area (Å²) in [6.45, 7) is 4.33. The third kappa shape index (κ3) is 5.19. The van der Waals surface area contributed by atoms with Crippen LogP contribution in [0.25, 0.3) is 0 Å². The van der Waals surface area contributed by atoms with Gasteiger partial charge in [-0.25, -0.2) is 0 Å². The minimum atomic E-state index is 0.0996. The van der Waals surface area contributed by atoms with E-state index < -0.39 is 0 Å². The second kappa shape index (κ2) is 10.4. The molecule has 4 rings (SSSR count). The lowest BCUT2D eigenvalue weighted by molar-refractivity contribution is 0.0420. The van der Waals surface area contributed by atoms with Crippen molar-refractivity contribution in [3.8, 4) is 11.5 Å². The van der Waals surface area contributed by atoms with Gasteiger partial charge in [-0.2, -0.15) is 0 Å². The molecule has 0 bridgehead atoms. The van der Waals surface area contributed by atoms with Crippen molar-refractivity contribution in [1.29, 1.82) is 0 Å². The molecule has 1 saturated heterocycles. The van der Waals surface area contributed by atoms with Crippen LogP contribution >= 0.6 is 0 Å². The van der Waals surface area contributed by atoms with Gasteiger partial charge in [-0.15, -0.1) is 0 Å². The molecule has 1 aromatic carbocycles. The number of aliphatic imine (C=N–C) groups is 1. The largest absolute Gasteiger partial charge is 0.454 e. The molecular formula is C23H35N3O4. The maximum atomic E-state index is 5.84. The van der Waals surface area contributed by atoms with Crippen LogP contribution in [0.2, 0.25) is 0 Å². The van der Waals surface area contributed by atoms with E-state index >= 15 is 0 Å². The van der Waals surface area contributed by atoms with E-state index in [0.717, 1.165) is 63.2 Å². The minimum absolute atomic E-state index is 0.0996. The Kier molecular flexibility index (Phi) is 7.33. The van der Waals surface area contributed by atoms with E-state index in [1.165, 1.54) is 37.7 Å². The zero-order chi connectivity index (χ0) is 20.7. The molecule has 30 heavy (non-hydrogen) atoms. The van der Waals surface area contributed by atoms with Gasteiger partial charge >= 0.3 is 0 Å². The summed E-state index contributed by atoms with van der Waals surface area (Å²) in [7, 11) is 1.83. The van der Waals surface area contributed by atoms with Crippen LogP contribution in [-0.2, 0) is 14.9 Å². The van der Waals surface area contributed by atoms with Gasteiger partial charge in [-0.05, 0) is 43.4 Å². The van der Waals surface area contributed by atoms with Gasteiger partial charge in [-0.3, -0.25) is 4.99 Å². The van der Waals surface area contributed by atoms with Crippen LogP contribution in [0.4, 0.5) is 0 Å². The first-order valence-electron chi connectivity index (χ1n) is 11.3. The van der Waals surface area contributed by atoms with Crippen LogP contribution in [0.15, 0.2) is 23.2 Å². The zero-order valence-corrected chi connectivity index (χ0v) is 18.1. The molecule has 3 aliphatic rings. The Hall–Kier alpha value is -1.99. The second-order valence-electron chi connectivity index (χ2n) is 8.47. The maximum Gasteiger partial charge on any atom is 0.231 e. The first-order chi connectivity index (χ1) is 14.8. The lowest BCUT2D eigenvalue weighted by atomic mass is 9.69. The van der Waals surface area contributed by atoms with Gasteiger partial charge in [0, 0.05) is 38.8 Å². The van der Waals surface area contributed by atoms with E-state index in [4.69, 9.17) is 18.9 Å². The van der Waals surface area contributed by atoms with Crippen molar-refractivity contribution in [1.82, 2.24) is 10.6 Å². The lowest BCUT2D eigenvalue weighted by Crippen LogP contribution is -2.46. The Morgan fingerprint density at radius 3 is 2.83 bits per heavy atom. The molecule has 2 aliphatic heterocycles. The highest BCUT2D eigenvalue weighted by Gasteiger charge is 2.35. The molecule has 7 nitrogen and oxygen atoms in total.